The topological polar surface area (TPSA) is 86.3 Å². The summed E-state index contributed by atoms with van der Waals surface area (Å²) in [6.07, 6.45) is 2.11. The largest absolute Gasteiger partial charge is 0.376 e. The molecule has 0 radical (unpaired) electrons. The lowest BCUT2D eigenvalue weighted by molar-refractivity contribution is 0.0957. The van der Waals surface area contributed by atoms with E-state index in [-0.39, 0.29) is 11.0 Å². The Kier molecular flexibility index (Phi) is 3.74. The number of ether oxygens (including phenoxy) is 1. The molecule has 2 rings (SSSR count). The maximum Gasteiger partial charge on any atom is 0.242 e. The highest BCUT2D eigenvalue weighted by atomic mass is 32.2. The third kappa shape index (κ3) is 2.69. The second kappa shape index (κ2) is 4.90. The van der Waals surface area contributed by atoms with Crippen LogP contribution in [0, 0.1) is 0 Å². The molecule has 0 spiro atoms. The molecule has 0 bridgehead atoms. The van der Waals surface area contributed by atoms with Crippen molar-refractivity contribution >= 4 is 10.0 Å². The highest BCUT2D eigenvalue weighted by Crippen LogP contribution is 2.27. The molecule has 1 fully saturated rings. The van der Waals surface area contributed by atoms with Gasteiger partial charge in [0.2, 0.25) is 10.0 Å². The van der Waals surface area contributed by atoms with Gasteiger partial charge >= 0.3 is 0 Å². The number of nitrogens with zero attached hydrogens (tertiary/aromatic N) is 1. The summed E-state index contributed by atoms with van der Waals surface area (Å²) in [7, 11) is -1.77. The van der Waals surface area contributed by atoms with Gasteiger partial charge < -0.3 is 15.0 Å². The number of aromatic nitrogens is 1. The zero-order chi connectivity index (χ0) is 14.3. The predicted molar refractivity (Wildman–Crippen MR) is 72.1 cm³/mol. The number of nitrogens with two attached hydrogens (primary N) is 1. The average molecular weight is 287 g/mol. The average Bonchev–Trinajstić information content (AvgIpc) is 2.83. The Morgan fingerprint density at radius 1 is 1.63 bits per heavy atom. The number of rotatable bonds is 4. The zero-order valence-electron chi connectivity index (χ0n) is 11.5. The molecule has 0 amide bonds. The lowest BCUT2D eigenvalue weighted by atomic mass is 9.97. The van der Waals surface area contributed by atoms with Gasteiger partial charge in [-0.25, -0.2) is 13.1 Å². The molecule has 108 valence electrons. The van der Waals surface area contributed by atoms with Crippen molar-refractivity contribution in [2.45, 2.75) is 43.4 Å². The molecule has 1 aliphatic rings. The van der Waals surface area contributed by atoms with Crippen molar-refractivity contribution in [2.75, 3.05) is 6.61 Å². The molecular formula is C12H21N3O3S. The Labute approximate surface area is 114 Å². The minimum atomic E-state index is -3.55. The Hall–Kier alpha value is -0.890. The van der Waals surface area contributed by atoms with E-state index < -0.39 is 15.6 Å². The molecule has 1 saturated heterocycles. The van der Waals surface area contributed by atoms with Gasteiger partial charge in [-0.15, -0.1) is 0 Å². The van der Waals surface area contributed by atoms with Gasteiger partial charge in [-0.05, 0) is 26.3 Å². The van der Waals surface area contributed by atoms with Crippen LogP contribution in [0.5, 0.6) is 0 Å². The zero-order valence-corrected chi connectivity index (χ0v) is 12.3. The molecule has 2 heterocycles. The maximum absolute atomic E-state index is 12.4. The standard InChI is InChI=1S/C12H21N3O3S/c1-9-12(2,4-5-18-9)14-19(16,17)11-6-10(7-13)15(3)8-11/h6,8-9,14H,4-5,7,13H2,1-3H3. The Balaban J connectivity index is 2.27. The van der Waals surface area contributed by atoms with E-state index in [0.717, 1.165) is 5.69 Å². The van der Waals surface area contributed by atoms with Crippen molar-refractivity contribution in [3.8, 4) is 0 Å². The van der Waals surface area contributed by atoms with Gasteiger partial charge in [0.05, 0.1) is 16.5 Å². The Morgan fingerprint density at radius 3 is 2.79 bits per heavy atom. The third-order valence-corrected chi connectivity index (χ3v) is 5.44. The minimum absolute atomic E-state index is 0.139. The molecule has 0 saturated carbocycles. The van der Waals surface area contributed by atoms with Crippen molar-refractivity contribution in [2.24, 2.45) is 12.8 Å². The number of hydrogen-bond acceptors (Lipinski definition) is 4. The van der Waals surface area contributed by atoms with E-state index in [2.05, 4.69) is 4.72 Å². The van der Waals surface area contributed by atoms with Gasteiger partial charge in [-0.1, -0.05) is 0 Å². The van der Waals surface area contributed by atoms with Crippen LogP contribution < -0.4 is 10.5 Å². The van der Waals surface area contributed by atoms with Gasteiger partial charge in [0.25, 0.3) is 0 Å². The number of hydrogen-bond donors (Lipinski definition) is 2. The van der Waals surface area contributed by atoms with Gasteiger partial charge in [-0.3, -0.25) is 0 Å². The quantitative estimate of drug-likeness (QED) is 0.835. The fourth-order valence-corrected chi connectivity index (χ4v) is 3.85. The van der Waals surface area contributed by atoms with Crippen LogP contribution in [0.2, 0.25) is 0 Å². The van der Waals surface area contributed by atoms with Crippen molar-refractivity contribution in [3.63, 3.8) is 0 Å². The van der Waals surface area contributed by atoms with Gasteiger partial charge in [-0.2, -0.15) is 0 Å². The molecule has 6 nitrogen and oxygen atoms in total. The number of nitrogens with one attached hydrogen (secondary N) is 1. The maximum atomic E-state index is 12.4. The molecule has 1 aromatic heterocycles. The number of aryl methyl sites for hydroxylation is 1. The van der Waals surface area contributed by atoms with Gasteiger partial charge in [0.15, 0.2) is 0 Å². The van der Waals surface area contributed by atoms with E-state index in [4.69, 9.17) is 10.5 Å². The van der Waals surface area contributed by atoms with E-state index in [1.54, 1.807) is 23.9 Å². The fourth-order valence-electron chi connectivity index (χ4n) is 2.26. The van der Waals surface area contributed by atoms with Crippen molar-refractivity contribution in [1.29, 1.82) is 0 Å². The third-order valence-electron chi connectivity index (χ3n) is 3.86. The predicted octanol–water partition coefficient (Wildman–Crippen LogP) is 0.330. The summed E-state index contributed by atoms with van der Waals surface area (Å²) in [6, 6.07) is 1.60. The van der Waals surface area contributed by atoms with Crippen LogP contribution in [0.1, 0.15) is 26.0 Å². The first kappa shape index (κ1) is 14.5. The minimum Gasteiger partial charge on any atom is -0.376 e. The summed E-state index contributed by atoms with van der Waals surface area (Å²) in [5.41, 5.74) is 5.78. The summed E-state index contributed by atoms with van der Waals surface area (Å²) < 4.78 is 34.7. The van der Waals surface area contributed by atoms with Crippen LogP contribution in [0.25, 0.3) is 0 Å². The second-order valence-corrected chi connectivity index (χ2v) is 6.95. The lowest BCUT2D eigenvalue weighted by Gasteiger charge is -2.28. The SMILES string of the molecule is CC1OCCC1(C)NS(=O)(=O)c1cc(CN)n(C)c1. The molecule has 0 aliphatic carbocycles. The molecule has 2 unspecified atom stereocenters. The lowest BCUT2D eigenvalue weighted by Crippen LogP contribution is -2.50. The van der Waals surface area contributed by atoms with E-state index in [9.17, 15) is 8.42 Å². The first-order chi connectivity index (χ1) is 8.78. The second-order valence-electron chi connectivity index (χ2n) is 5.27. The van der Waals surface area contributed by atoms with Crippen molar-refractivity contribution in [3.05, 3.63) is 18.0 Å². The van der Waals surface area contributed by atoms with Crippen LogP contribution in [0.4, 0.5) is 0 Å². The molecule has 1 aliphatic heterocycles. The molecule has 1 aromatic rings. The molecule has 0 aromatic carbocycles. The summed E-state index contributed by atoms with van der Waals surface area (Å²) in [5.74, 6) is 0. The van der Waals surface area contributed by atoms with Crippen LogP contribution >= 0.6 is 0 Å². The van der Waals surface area contributed by atoms with Crippen LogP contribution in [0.3, 0.4) is 0 Å². The normalized spacial score (nSPS) is 27.9. The molecule has 2 atom stereocenters. The van der Waals surface area contributed by atoms with E-state index in [0.29, 0.717) is 19.6 Å². The summed E-state index contributed by atoms with van der Waals surface area (Å²) in [6.45, 7) is 4.63. The first-order valence-electron chi connectivity index (χ1n) is 6.29. The fraction of sp³-hybridized carbons (Fsp3) is 0.667. The van der Waals surface area contributed by atoms with Gasteiger partial charge in [0, 0.05) is 32.1 Å². The highest BCUT2D eigenvalue weighted by molar-refractivity contribution is 7.89. The van der Waals surface area contributed by atoms with Crippen molar-refractivity contribution < 1.29 is 13.2 Å². The first-order valence-corrected chi connectivity index (χ1v) is 7.78. The monoisotopic (exact) mass is 287 g/mol. The molecular weight excluding hydrogens is 266 g/mol. The number of sulfonamides is 1. The summed E-state index contributed by atoms with van der Waals surface area (Å²) >= 11 is 0. The highest BCUT2D eigenvalue weighted by Gasteiger charge is 2.40. The van der Waals surface area contributed by atoms with Crippen molar-refractivity contribution in [1.82, 2.24) is 9.29 Å². The van der Waals surface area contributed by atoms with Crippen LogP contribution in [-0.2, 0) is 28.4 Å². The Bertz CT molecular complexity index is 567. The summed E-state index contributed by atoms with van der Waals surface area (Å²) in [5, 5.41) is 0. The van der Waals surface area contributed by atoms with Crippen LogP contribution in [0.15, 0.2) is 17.2 Å². The molecule has 19 heavy (non-hydrogen) atoms. The Morgan fingerprint density at radius 2 is 2.32 bits per heavy atom. The smallest absolute Gasteiger partial charge is 0.242 e. The summed E-state index contributed by atoms with van der Waals surface area (Å²) in [4.78, 5) is 0.246. The van der Waals surface area contributed by atoms with E-state index in [1.807, 2.05) is 13.8 Å². The van der Waals surface area contributed by atoms with Crippen LogP contribution in [-0.4, -0.2) is 31.2 Å². The molecule has 7 heteroatoms. The van der Waals surface area contributed by atoms with Gasteiger partial charge in [0.1, 0.15) is 0 Å². The van der Waals surface area contributed by atoms with E-state index >= 15 is 0 Å². The van der Waals surface area contributed by atoms with E-state index in [1.165, 1.54) is 0 Å². The molecule has 3 N–H and O–H groups in total.